The molecule has 1 aromatic carbocycles. The molecule has 1 saturated heterocycles. The molecule has 2 rings (SSSR count). The van der Waals surface area contributed by atoms with Crippen molar-refractivity contribution in [2.75, 3.05) is 18.8 Å². The summed E-state index contributed by atoms with van der Waals surface area (Å²) in [4.78, 5) is 2.56. The summed E-state index contributed by atoms with van der Waals surface area (Å²) in [5.41, 5.74) is 7.92. The zero-order valence-corrected chi connectivity index (χ0v) is 9.45. The number of nitrogens with zero attached hydrogens (tertiary/aromatic N) is 1. The molecule has 1 aromatic rings. The van der Waals surface area contributed by atoms with Crippen molar-refractivity contribution >= 4 is 5.69 Å². The van der Waals surface area contributed by atoms with Gasteiger partial charge in [-0.1, -0.05) is 18.6 Å². The zero-order chi connectivity index (χ0) is 10.7. The highest BCUT2D eigenvalue weighted by Gasteiger charge is 2.17. The second-order valence-electron chi connectivity index (χ2n) is 4.44. The number of anilines is 1. The van der Waals surface area contributed by atoms with E-state index >= 15 is 0 Å². The number of benzene rings is 1. The van der Waals surface area contributed by atoms with E-state index in [9.17, 15) is 0 Å². The molecule has 2 N–H and O–H groups in total. The summed E-state index contributed by atoms with van der Waals surface area (Å²) in [7, 11) is 0. The fourth-order valence-corrected chi connectivity index (χ4v) is 2.29. The third-order valence-electron chi connectivity index (χ3n) is 3.36. The highest BCUT2D eigenvalue weighted by Crippen LogP contribution is 2.24. The molecule has 2 heteroatoms. The minimum atomic E-state index is 0.533. The van der Waals surface area contributed by atoms with Crippen LogP contribution in [0.5, 0.6) is 0 Å². The summed E-state index contributed by atoms with van der Waals surface area (Å²) in [5.74, 6) is 0. The number of hydrogen-bond acceptors (Lipinski definition) is 2. The zero-order valence-electron chi connectivity index (χ0n) is 9.45. The summed E-state index contributed by atoms with van der Waals surface area (Å²) >= 11 is 0. The summed E-state index contributed by atoms with van der Waals surface area (Å²) in [5, 5.41) is 0. The summed E-state index contributed by atoms with van der Waals surface area (Å²) in [6.07, 6.45) is 4.09. The van der Waals surface area contributed by atoms with E-state index in [1.54, 1.807) is 0 Å². The van der Waals surface area contributed by atoms with Gasteiger partial charge in [-0.25, -0.2) is 0 Å². The Hall–Kier alpha value is -1.02. The SMILES string of the molecule is CC(c1ccc(N)cc1)N1CCCCC1. The Morgan fingerprint density at radius 3 is 2.27 bits per heavy atom. The van der Waals surface area contributed by atoms with Crippen LogP contribution in [0, 0.1) is 0 Å². The molecule has 1 fully saturated rings. The molecule has 0 aromatic heterocycles. The van der Waals surface area contributed by atoms with Crippen molar-refractivity contribution in [3.63, 3.8) is 0 Å². The molecule has 1 atom stereocenters. The van der Waals surface area contributed by atoms with Crippen molar-refractivity contribution in [1.29, 1.82) is 0 Å². The van der Waals surface area contributed by atoms with E-state index < -0.39 is 0 Å². The van der Waals surface area contributed by atoms with Crippen LogP contribution in [0.1, 0.15) is 37.8 Å². The average molecular weight is 204 g/mol. The van der Waals surface area contributed by atoms with Gasteiger partial charge in [0, 0.05) is 11.7 Å². The lowest BCUT2D eigenvalue weighted by atomic mass is 10.0. The van der Waals surface area contributed by atoms with E-state index in [2.05, 4.69) is 24.0 Å². The van der Waals surface area contributed by atoms with Gasteiger partial charge in [0.1, 0.15) is 0 Å². The lowest BCUT2D eigenvalue weighted by molar-refractivity contribution is 0.175. The highest BCUT2D eigenvalue weighted by molar-refractivity contribution is 5.40. The van der Waals surface area contributed by atoms with Crippen molar-refractivity contribution in [2.24, 2.45) is 0 Å². The van der Waals surface area contributed by atoms with Crippen LogP contribution in [0.3, 0.4) is 0 Å². The van der Waals surface area contributed by atoms with Gasteiger partial charge in [-0.2, -0.15) is 0 Å². The quantitative estimate of drug-likeness (QED) is 0.751. The molecule has 0 bridgehead atoms. The number of nitrogens with two attached hydrogens (primary N) is 1. The average Bonchev–Trinajstić information content (AvgIpc) is 2.30. The number of nitrogen functional groups attached to an aromatic ring is 1. The normalized spacial score (nSPS) is 20.1. The van der Waals surface area contributed by atoms with Gasteiger partial charge in [0.2, 0.25) is 0 Å². The minimum Gasteiger partial charge on any atom is -0.399 e. The second-order valence-corrected chi connectivity index (χ2v) is 4.44. The molecule has 82 valence electrons. The first-order valence-electron chi connectivity index (χ1n) is 5.87. The van der Waals surface area contributed by atoms with Crippen LogP contribution in [0.2, 0.25) is 0 Å². The van der Waals surface area contributed by atoms with Crippen LogP contribution in [-0.2, 0) is 0 Å². The maximum Gasteiger partial charge on any atom is 0.0319 e. The van der Waals surface area contributed by atoms with Crippen LogP contribution in [0.4, 0.5) is 5.69 Å². The Morgan fingerprint density at radius 2 is 1.67 bits per heavy atom. The Kier molecular flexibility index (Phi) is 3.27. The lowest BCUT2D eigenvalue weighted by Gasteiger charge is -2.32. The highest BCUT2D eigenvalue weighted by atomic mass is 15.2. The fraction of sp³-hybridized carbons (Fsp3) is 0.538. The molecule has 15 heavy (non-hydrogen) atoms. The minimum absolute atomic E-state index is 0.533. The van der Waals surface area contributed by atoms with Crippen molar-refractivity contribution in [3.05, 3.63) is 29.8 Å². The van der Waals surface area contributed by atoms with Crippen LogP contribution in [0.15, 0.2) is 24.3 Å². The summed E-state index contributed by atoms with van der Waals surface area (Å²) < 4.78 is 0. The lowest BCUT2D eigenvalue weighted by Crippen LogP contribution is -2.32. The predicted molar refractivity (Wildman–Crippen MR) is 64.7 cm³/mol. The van der Waals surface area contributed by atoms with Gasteiger partial charge < -0.3 is 5.73 Å². The van der Waals surface area contributed by atoms with Crippen LogP contribution < -0.4 is 5.73 Å². The first kappa shape index (κ1) is 10.5. The molecule has 2 nitrogen and oxygen atoms in total. The van der Waals surface area contributed by atoms with Gasteiger partial charge in [-0.05, 0) is 50.6 Å². The number of rotatable bonds is 2. The fourth-order valence-electron chi connectivity index (χ4n) is 2.29. The summed E-state index contributed by atoms with van der Waals surface area (Å²) in [6.45, 7) is 4.77. The van der Waals surface area contributed by atoms with E-state index in [1.807, 2.05) is 12.1 Å². The predicted octanol–water partition coefficient (Wildman–Crippen LogP) is 2.82. The van der Waals surface area contributed by atoms with Gasteiger partial charge in [0.25, 0.3) is 0 Å². The topological polar surface area (TPSA) is 29.3 Å². The molecule has 1 unspecified atom stereocenters. The molecule has 0 saturated carbocycles. The Morgan fingerprint density at radius 1 is 1.07 bits per heavy atom. The van der Waals surface area contributed by atoms with Gasteiger partial charge in [-0.3, -0.25) is 4.90 Å². The van der Waals surface area contributed by atoms with Crippen molar-refractivity contribution in [2.45, 2.75) is 32.2 Å². The van der Waals surface area contributed by atoms with E-state index in [4.69, 9.17) is 5.73 Å². The number of likely N-dealkylation sites (tertiary alicyclic amines) is 1. The molecule has 0 spiro atoms. The van der Waals surface area contributed by atoms with Crippen LogP contribution in [-0.4, -0.2) is 18.0 Å². The van der Waals surface area contributed by atoms with E-state index in [1.165, 1.54) is 37.9 Å². The summed E-state index contributed by atoms with van der Waals surface area (Å²) in [6, 6.07) is 8.82. The molecule has 1 aliphatic heterocycles. The van der Waals surface area contributed by atoms with Crippen LogP contribution >= 0.6 is 0 Å². The molecule has 0 radical (unpaired) electrons. The van der Waals surface area contributed by atoms with Gasteiger partial charge >= 0.3 is 0 Å². The van der Waals surface area contributed by atoms with Crippen LogP contribution in [0.25, 0.3) is 0 Å². The van der Waals surface area contributed by atoms with E-state index in [-0.39, 0.29) is 0 Å². The maximum atomic E-state index is 5.69. The first-order valence-corrected chi connectivity index (χ1v) is 5.87. The number of piperidine rings is 1. The van der Waals surface area contributed by atoms with Crippen molar-refractivity contribution in [3.8, 4) is 0 Å². The van der Waals surface area contributed by atoms with Gasteiger partial charge in [0.15, 0.2) is 0 Å². The van der Waals surface area contributed by atoms with E-state index in [0.29, 0.717) is 6.04 Å². The molecular weight excluding hydrogens is 184 g/mol. The molecule has 0 aliphatic carbocycles. The third-order valence-corrected chi connectivity index (χ3v) is 3.36. The first-order chi connectivity index (χ1) is 7.27. The maximum absolute atomic E-state index is 5.69. The smallest absolute Gasteiger partial charge is 0.0319 e. The number of hydrogen-bond donors (Lipinski definition) is 1. The van der Waals surface area contributed by atoms with Crippen molar-refractivity contribution < 1.29 is 0 Å². The molecular formula is C13H20N2. The standard InChI is InChI=1S/C13H20N2/c1-11(15-9-3-2-4-10-15)12-5-7-13(14)8-6-12/h5-8,11H,2-4,9-10,14H2,1H3. The van der Waals surface area contributed by atoms with E-state index in [0.717, 1.165) is 5.69 Å². The van der Waals surface area contributed by atoms with Crippen molar-refractivity contribution in [1.82, 2.24) is 4.90 Å². The monoisotopic (exact) mass is 204 g/mol. The Balaban J connectivity index is 2.05. The molecule has 1 heterocycles. The third kappa shape index (κ3) is 2.51. The Labute approximate surface area is 92.1 Å². The largest absolute Gasteiger partial charge is 0.399 e. The molecule has 0 amide bonds. The molecule has 1 aliphatic rings. The van der Waals surface area contributed by atoms with Gasteiger partial charge in [0.05, 0.1) is 0 Å². The Bertz CT molecular complexity index is 299. The van der Waals surface area contributed by atoms with Gasteiger partial charge in [-0.15, -0.1) is 0 Å². The second kappa shape index (κ2) is 4.67.